The maximum Gasteiger partial charge on any atom is 0.220 e. The Kier molecular flexibility index (Phi) is 18.0. The van der Waals surface area contributed by atoms with Gasteiger partial charge in [-0.05, 0) is 25.7 Å². The Labute approximate surface area is 273 Å². The Morgan fingerprint density at radius 2 is 1.32 bits per heavy atom. The van der Waals surface area contributed by atoms with Gasteiger partial charge in [0, 0.05) is 59.4 Å². The van der Waals surface area contributed by atoms with Crippen molar-refractivity contribution in [1.82, 2.24) is 21.3 Å². The summed E-state index contributed by atoms with van der Waals surface area (Å²) in [6.45, 7) is 1.56. The van der Waals surface area contributed by atoms with E-state index in [0.29, 0.717) is 25.7 Å². The third-order valence-electron chi connectivity index (χ3n) is 7.81. The number of amides is 4. The third-order valence-corrected chi connectivity index (χ3v) is 7.81. The number of aliphatic hydroxyl groups excluding tert-OH is 5. The van der Waals surface area contributed by atoms with Crippen LogP contribution < -0.4 is 21.3 Å². The lowest BCUT2D eigenvalue weighted by Gasteiger charge is -2.45. The summed E-state index contributed by atoms with van der Waals surface area (Å²) in [5.74, 6) is -1.26. The minimum Gasteiger partial charge on any atom is -0.394 e. The average molecular weight is 681 g/mol. The van der Waals surface area contributed by atoms with Gasteiger partial charge < -0.3 is 70.9 Å². The minimum absolute atomic E-state index is 0.0751. The van der Waals surface area contributed by atoms with Crippen molar-refractivity contribution in [3.05, 3.63) is 0 Å². The van der Waals surface area contributed by atoms with Gasteiger partial charge in [0.2, 0.25) is 23.6 Å². The monoisotopic (exact) mass is 680 g/mol. The zero-order valence-electron chi connectivity index (χ0n) is 27.0. The number of ether oxygens (including phenoxy) is 4. The minimum atomic E-state index is -1.73. The summed E-state index contributed by atoms with van der Waals surface area (Å²) in [5.41, 5.74) is -1.73. The Morgan fingerprint density at radius 1 is 0.766 bits per heavy atom. The molecule has 18 heteroatoms. The second-order valence-electron chi connectivity index (χ2n) is 11.7. The van der Waals surface area contributed by atoms with E-state index in [2.05, 4.69) is 21.3 Å². The molecule has 0 saturated carbocycles. The number of aliphatic hydroxyl groups is 6. The second-order valence-corrected chi connectivity index (χ2v) is 11.7. The molecule has 2 aliphatic heterocycles. The van der Waals surface area contributed by atoms with E-state index in [-0.39, 0.29) is 63.3 Å². The molecule has 18 nitrogen and oxygen atoms in total. The molecule has 0 spiro atoms. The van der Waals surface area contributed by atoms with E-state index in [1.165, 1.54) is 13.8 Å². The first-order valence-electron chi connectivity index (χ1n) is 15.9. The standard InChI is InChI=1S/C29H52N4O14/c1-17(37)32-19-13-29(43,16-36)21(15-35)47-27(19)44-11-5-3-7-22(39)30-9-10-31-23(40)8-4-6-12-45-28-24(33-18(2)38)26(42)25(41)20(14-34)46-28/h19-21,24-28,34-36,41-43H,3-16H2,1-2H3,(H,30,39)(H,31,40)(H,32,37)(H,33,38)/t19?,20?,21?,24?,25-,26?,27+,28+,29?/m0/s1. The van der Waals surface area contributed by atoms with E-state index in [1.807, 2.05) is 0 Å². The van der Waals surface area contributed by atoms with Crippen LogP contribution in [0.1, 0.15) is 58.8 Å². The Hall–Kier alpha value is -2.52. The van der Waals surface area contributed by atoms with Gasteiger partial charge in [-0.15, -0.1) is 0 Å². The molecule has 47 heavy (non-hydrogen) atoms. The molecular formula is C29H52N4O14. The van der Waals surface area contributed by atoms with Crippen LogP contribution in [0.5, 0.6) is 0 Å². The van der Waals surface area contributed by atoms with E-state index in [0.717, 1.165) is 0 Å². The summed E-state index contributed by atoms with van der Waals surface area (Å²) in [6.07, 6.45) is -4.80. The molecule has 10 N–H and O–H groups in total. The van der Waals surface area contributed by atoms with Crippen molar-refractivity contribution in [2.45, 2.75) is 113 Å². The molecule has 0 aliphatic carbocycles. The maximum atomic E-state index is 12.1. The second kappa shape index (κ2) is 20.8. The normalized spacial score (nSPS) is 30.7. The average Bonchev–Trinajstić information content (AvgIpc) is 3.02. The Morgan fingerprint density at radius 3 is 1.81 bits per heavy atom. The molecule has 2 rings (SSSR count). The molecule has 4 amide bonds. The topological polar surface area (TPSA) is 275 Å². The molecule has 6 unspecified atom stereocenters. The van der Waals surface area contributed by atoms with Crippen LogP contribution in [-0.2, 0) is 38.1 Å². The highest BCUT2D eigenvalue weighted by Crippen LogP contribution is 2.30. The van der Waals surface area contributed by atoms with Crippen LogP contribution in [0.3, 0.4) is 0 Å². The first-order chi connectivity index (χ1) is 22.3. The first kappa shape index (κ1) is 40.7. The fourth-order valence-corrected chi connectivity index (χ4v) is 5.27. The lowest BCUT2D eigenvalue weighted by atomic mass is 9.86. The summed E-state index contributed by atoms with van der Waals surface area (Å²) in [4.78, 5) is 47.3. The van der Waals surface area contributed by atoms with Crippen LogP contribution in [0.15, 0.2) is 0 Å². The summed E-state index contributed by atoms with van der Waals surface area (Å²) in [5, 5.41) is 69.9. The van der Waals surface area contributed by atoms with Crippen molar-refractivity contribution in [2.75, 3.05) is 46.1 Å². The van der Waals surface area contributed by atoms with Crippen molar-refractivity contribution in [2.24, 2.45) is 0 Å². The molecule has 2 saturated heterocycles. The molecule has 2 heterocycles. The van der Waals surface area contributed by atoms with Crippen LogP contribution >= 0.6 is 0 Å². The van der Waals surface area contributed by atoms with Gasteiger partial charge in [0.05, 0.1) is 25.9 Å². The van der Waals surface area contributed by atoms with E-state index in [1.54, 1.807) is 0 Å². The van der Waals surface area contributed by atoms with Gasteiger partial charge in [-0.3, -0.25) is 19.2 Å². The fraction of sp³-hybridized carbons (Fsp3) is 0.862. The molecular weight excluding hydrogens is 628 g/mol. The molecule has 0 aromatic carbocycles. The number of carbonyl (C=O) groups excluding carboxylic acids is 4. The number of hydrogen-bond donors (Lipinski definition) is 10. The van der Waals surface area contributed by atoms with E-state index in [9.17, 15) is 49.8 Å². The van der Waals surface area contributed by atoms with E-state index in [4.69, 9.17) is 18.9 Å². The SMILES string of the molecule is CC(=O)NC1CC(O)(CO)C(CO)O[C@H]1OCCCCC(=O)NCCNC(=O)CCCCO[C@@H]1OC(CO)[C@H](O)C(O)C1NC(C)=O. The quantitative estimate of drug-likeness (QED) is 0.0547. The van der Waals surface area contributed by atoms with Gasteiger partial charge in [0.15, 0.2) is 12.6 Å². The van der Waals surface area contributed by atoms with Crippen LogP contribution in [0.2, 0.25) is 0 Å². The lowest BCUT2D eigenvalue weighted by Crippen LogP contribution is -2.64. The van der Waals surface area contributed by atoms with Crippen molar-refractivity contribution in [3.63, 3.8) is 0 Å². The van der Waals surface area contributed by atoms with Crippen molar-refractivity contribution in [1.29, 1.82) is 0 Å². The predicted molar refractivity (Wildman–Crippen MR) is 161 cm³/mol. The van der Waals surface area contributed by atoms with Gasteiger partial charge in [0.25, 0.3) is 0 Å². The maximum absolute atomic E-state index is 12.1. The number of nitrogens with one attached hydrogen (secondary N) is 4. The number of unbranched alkanes of at least 4 members (excludes halogenated alkanes) is 2. The largest absolute Gasteiger partial charge is 0.394 e. The van der Waals surface area contributed by atoms with Crippen LogP contribution in [0.25, 0.3) is 0 Å². The smallest absolute Gasteiger partial charge is 0.220 e. The van der Waals surface area contributed by atoms with E-state index < -0.39 is 80.4 Å². The number of rotatable bonds is 20. The van der Waals surface area contributed by atoms with Crippen LogP contribution in [0.4, 0.5) is 0 Å². The van der Waals surface area contributed by atoms with E-state index >= 15 is 0 Å². The van der Waals surface area contributed by atoms with Crippen LogP contribution in [0, 0.1) is 0 Å². The summed E-state index contributed by atoms with van der Waals surface area (Å²) in [6, 6.07) is -1.78. The molecule has 0 radical (unpaired) electrons. The molecule has 2 aliphatic rings. The van der Waals surface area contributed by atoms with Crippen molar-refractivity contribution < 1.29 is 68.8 Å². The molecule has 0 bridgehead atoms. The van der Waals surface area contributed by atoms with Gasteiger partial charge >= 0.3 is 0 Å². The molecule has 0 aromatic rings. The third kappa shape index (κ3) is 13.5. The fourth-order valence-electron chi connectivity index (χ4n) is 5.27. The highest BCUT2D eigenvalue weighted by Gasteiger charge is 2.48. The first-order valence-corrected chi connectivity index (χ1v) is 15.9. The summed E-state index contributed by atoms with van der Waals surface area (Å²) in [7, 11) is 0. The highest BCUT2D eigenvalue weighted by atomic mass is 16.7. The van der Waals surface area contributed by atoms with Crippen molar-refractivity contribution >= 4 is 23.6 Å². The highest BCUT2D eigenvalue weighted by molar-refractivity contribution is 5.77. The van der Waals surface area contributed by atoms with Gasteiger partial charge in [0.1, 0.15) is 36.1 Å². The molecule has 272 valence electrons. The lowest BCUT2D eigenvalue weighted by molar-refractivity contribution is -0.277. The molecule has 0 aromatic heterocycles. The Balaban J connectivity index is 1.56. The van der Waals surface area contributed by atoms with Crippen LogP contribution in [-0.4, -0.2) is 155 Å². The molecule has 9 atom stereocenters. The summed E-state index contributed by atoms with van der Waals surface area (Å²) < 4.78 is 22.4. The summed E-state index contributed by atoms with van der Waals surface area (Å²) >= 11 is 0. The Bertz CT molecular complexity index is 993. The predicted octanol–water partition coefficient (Wildman–Crippen LogP) is -4.13. The number of carbonyl (C=O) groups is 4. The number of hydrogen-bond acceptors (Lipinski definition) is 14. The molecule has 2 fully saturated rings. The van der Waals surface area contributed by atoms with Gasteiger partial charge in [-0.2, -0.15) is 0 Å². The van der Waals surface area contributed by atoms with Gasteiger partial charge in [-0.1, -0.05) is 0 Å². The van der Waals surface area contributed by atoms with Crippen molar-refractivity contribution in [3.8, 4) is 0 Å². The zero-order chi connectivity index (χ0) is 35.0. The zero-order valence-corrected chi connectivity index (χ0v) is 27.0. The van der Waals surface area contributed by atoms with Gasteiger partial charge in [-0.25, -0.2) is 0 Å².